The minimum atomic E-state index is -0.965. The van der Waals surface area contributed by atoms with Gasteiger partial charge in [0.05, 0.1) is 5.54 Å². The molecule has 1 aromatic rings. The van der Waals surface area contributed by atoms with Gasteiger partial charge in [-0.25, -0.2) is 4.39 Å². The third-order valence-corrected chi connectivity index (χ3v) is 7.61. The van der Waals surface area contributed by atoms with E-state index in [0.29, 0.717) is 0 Å². The summed E-state index contributed by atoms with van der Waals surface area (Å²) in [6, 6.07) is 6.82. The summed E-state index contributed by atoms with van der Waals surface area (Å²) in [5.41, 5.74) is -0.369. The fraction of sp³-hybridized carbons (Fsp3) is 0.739. The van der Waals surface area contributed by atoms with Gasteiger partial charge in [0.15, 0.2) is 0 Å². The van der Waals surface area contributed by atoms with Crippen LogP contribution in [0.25, 0.3) is 0 Å². The van der Waals surface area contributed by atoms with E-state index in [9.17, 15) is 9.50 Å². The fourth-order valence-corrected chi connectivity index (χ4v) is 6.07. The molecule has 3 atom stereocenters. The number of nitrogens with zero attached hydrogens (tertiary/aromatic N) is 2. The zero-order valence-electron chi connectivity index (χ0n) is 16.8. The maximum Gasteiger partial charge on any atom is 0.123 e. The molecular weight excluding hydrogens is 339 g/mol. The van der Waals surface area contributed by atoms with Gasteiger partial charge >= 0.3 is 0 Å². The molecule has 4 rings (SSSR count). The molecule has 3 unspecified atom stereocenters. The summed E-state index contributed by atoms with van der Waals surface area (Å²) >= 11 is 0. The van der Waals surface area contributed by atoms with Gasteiger partial charge in [-0.05, 0) is 95.7 Å². The molecule has 0 bridgehead atoms. The first-order chi connectivity index (χ1) is 13.1. The molecule has 0 aromatic heterocycles. The standard InChI is InChI=1S/C23H35FN2O/c1-22(26-17-6-3-7-18-26)14-8-9-21(25-15-4-2-5-16-25)23(22,27)19-10-12-20(24)13-11-19/h10-13,21,27H,2-9,14-18H2,1H3. The van der Waals surface area contributed by atoms with E-state index < -0.39 is 5.60 Å². The molecule has 3 nitrogen and oxygen atoms in total. The Labute approximate surface area is 163 Å². The van der Waals surface area contributed by atoms with Crippen LogP contribution in [0.5, 0.6) is 0 Å². The summed E-state index contributed by atoms with van der Waals surface area (Å²) in [5.74, 6) is -0.229. The zero-order chi connectivity index (χ0) is 18.9. The maximum atomic E-state index is 13.7. The largest absolute Gasteiger partial charge is 0.382 e. The first-order valence-electron chi connectivity index (χ1n) is 11.0. The van der Waals surface area contributed by atoms with Crippen molar-refractivity contribution in [2.24, 2.45) is 0 Å². The zero-order valence-corrected chi connectivity index (χ0v) is 16.8. The Morgan fingerprint density at radius 1 is 0.889 bits per heavy atom. The lowest BCUT2D eigenvalue weighted by molar-refractivity contribution is -0.185. The lowest BCUT2D eigenvalue weighted by Gasteiger charge is -2.61. The lowest BCUT2D eigenvalue weighted by atomic mass is 9.62. The minimum Gasteiger partial charge on any atom is -0.382 e. The summed E-state index contributed by atoms with van der Waals surface area (Å²) < 4.78 is 13.7. The Bertz CT molecular complexity index is 624. The highest BCUT2D eigenvalue weighted by Gasteiger charge is 2.59. The van der Waals surface area contributed by atoms with Gasteiger partial charge in [0.2, 0.25) is 0 Å². The van der Waals surface area contributed by atoms with Gasteiger partial charge in [0.1, 0.15) is 11.4 Å². The molecule has 0 radical (unpaired) electrons. The predicted octanol–water partition coefficient (Wildman–Crippen LogP) is 4.30. The molecule has 150 valence electrons. The lowest BCUT2D eigenvalue weighted by Crippen LogP contribution is -2.71. The van der Waals surface area contributed by atoms with E-state index in [2.05, 4.69) is 16.7 Å². The quantitative estimate of drug-likeness (QED) is 0.855. The number of piperidine rings is 2. The van der Waals surface area contributed by atoms with Crippen LogP contribution < -0.4 is 0 Å². The van der Waals surface area contributed by atoms with E-state index in [-0.39, 0.29) is 17.4 Å². The number of hydrogen-bond acceptors (Lipinski definition) is 3. The number of benzene rings is 1. The second kappa shape index (κ2) is 7.81. The van der Waals surface area contributed by atoms with Crippen LogP contribution in [0.1, 0.15) is 70.3 Å². The van der Waals surface area contributed by atoms with Gasteiger partial charge in [-0.1, -0.05) is 25.0 Å². The van der Waals surface area contributed by atoms with Crippen LogP contribution in [0.3, 0.4) is 0 Å². The third kappa shape index (κ3) is 3.34. The van der Waals surface area contributed by atoms with Crippen LogP contribution in [-0.4, -0.2) is 52.7 Å². The van der Waals surface area contributed by atoms with Crippen LogP contribution in [-0.2, 0) is 5.60 Å². The van der Waals surface area contributed by atoms with Gasteiger partial charge in [-0.15, -0.1) is 0 Å². The Balaban J connectivity index is 1.77. The predicted molar refractivity (Wildman–Crippen MR) is 107 cm³/mol. The average Bonchev–Trinajstić information content (AvgIpc) is 2.72. The smallest absolute Gasteiger partial charge is 0.123 e. The van der Waals surface area contributed by atoms with Gasteiger partial charge in [0, 0.05) is 6.04 Å². The highest BCUT2D eigenvalue weighted by molar-refractivity contribution is 5.32. The second-order valence-electron chi connectivity index (χ2n) is 9.10. The van der Waals surface area contributed by atoms with E-state index in [1.807, 2.05) is 12.1 Å². The van der Waals surface area contributed by atoms with Crippen molar-refractivity contribution < 1.29 is 9.50 Å². The van der Waals surface area contributed by atoms with Crippen molar-refractivity contribution in [2.45, 2.75) is 81.9 Å². The number of halogens is 1. The SMILES string of the molecule is CC1(N2CCCCC2)CCCC(N2CCCCC2)C1(O)c1ccc(F)cc1. The van der Waals surface area contributed by atoms with E-state index in [0.717, 1.165) is 51.0 Å². The topological polar surface area (TPSA) is 26.7 Å². The molecule has 2 saturated heterocycles. The number of likely N-dealkylation sites (tertiary alicyclic amines) is 2. The Morgan fingerprint density at radius 3 is 2.11 bits per heavy atom. The average molecular weight is 375 g/mol. The maximum absolute atomic E-state index is 13.7. The van der Waals surface area contributed by atoms with Crippen LogP contribution >= 0.6 is 0 Å². The Kier molecular flexibility index (Phi) is 5.59. The molecule has 27 heavy (non-hydrogen) atoms. The van der Waals surface area contributed by atoms with Crippen molar-refractivity contribution in [3.8, 4) is 0 Å². The normalized spacial score (nSPS) is 36.6. The summed E-state index contributed by atoms with van der Waals surface area (Å²) in [6.45, 7) is 6.55. The second-order valence-corrected chi connectivity index (χ2v) is 9.10. The summed E-state index contributed by atoms with van der Waals surface area (Å²) in [6.07, 6.45) is 10.6. The van der Waals surface area contributed by atoms with Crippen molar-refractivity contribution in [3.05, 3.63) is 35.6 Å². The van der Waals surface area contributed by atoms with Crippen LogP contribution in [0.2, 0.25) is 0 Å². The molecule has 0 amide bonds. The highest BCUT2D eigenvalue weighted by atomic mass is 19.1. The summed E-state index contributed by atoms with van der Waals surface area (Å²) in [7, 11) is 0. The van der Waals surface area contributed by atoms with Gasteiger partial charge in [-0.3, -0.25) is 9.80 Å². The van der Waals surface area contributed by atoms with Crippen molar-refractivity contribution in [3.63, 3.8) is 0 Å². The molecule has 1 N–H and O–H groups in total. The van der Waals surface area contributed by atoms with Crippen LogP contribution in [0.4, 0.5) is 4.39 Å². The monoisotopic (exact) mass is 374 g/mol. The van der Waals surface area contributed by atoms with Gasteiger partial charge in [0.25, 0.3) is 0 Å². The molecule has 1 saturated carbocycles. The highest BCUT2D eigenvalue weighted by Crippen LogP contribution is 2.50. The van der Waals surface area contributed by atoms with E-state index in [1.165, 1.54) is 50.7 Å². The first-order valence-corrected chi connectivity index (χ1v) is 11.0. The molecule has 2 heterocycles. The van der Waals surface area contributed by atoms with Crippen molar-refractivity contribution in [2.75, 3.05) is 26.2 Å². The van der Waals surface area contributed by atoms with Crippen molar-refractivity contribution in [1.29, 1.82) is 0 Å². The van der Waals surface area contributed by atoms with E-state index in [1.54, 1.807) is 0 Å². The molecule has 1 aromatic carbocycles. The molecule has 3 aliphatic rings. The van der Waals surface area contributed by atoms with Crippen molar-refractivity contribution in [1.82, 2.24) is 9.80 Å². The number of aliphatic hydroxyl groups is 1. The van der Waals surface area contributed by atoms with Crippen molar-refractivity contribution >= 4 is 0 Å². The molecule has 3 fully saturated rings. The van der Waals surface area contributed by atoms with Gasteiger partial charge < -0.3 is 5.11 Å². The molecule has 0 spiro atoms. The van der Waals surface area contributed by atoms with E-state index >= 15 is 0 Å². The first kappa shape index (κ1) is 19.4. The number of rotatable bonds is 3. The van der Waals surface area contributed by atoms with Crippen LogP contribution in [0, 0.1) is 5.82 Å². The van der Waals surface area contributed by atoms with Gasteiger partial charge in [-0.2, -0.15) is 0 Å². The molecule has 1 aliphatic carbocycles. The minimum absolute atomic E-state index is 0.115. The molecule has 2 aliphatic heterocycles. The fourth-order valence-electron chi connectivity index (χ4n) is 6.07. The third-order valence-electron chi connectivity index (χ3n) is 7.61. The number of hydrogen-bond donors (Lipinski definition) is 1. The Morgan fingerprint density at radius 2 is 1.48 bits per heavy atom. The van der Waals surface area contributed by atoms with E-state index in [4.69, 9.17) is 0 Å². The molecular formula is C23H35FN2O. The Hall–Kier alpha value is -0.970. The summed E-state index contributed by atoms with van der Waals surface area (Å²) in [5, 5.41) is 12.5. The van der Waals surface area contributed by atoms with Crippen LogP contribution in [0.15, 0.2) is 24.3 Å². The molecule has 4 heteroatoms. The summed E-state index contributed by atoms with van der Waals surface area (Å²) in [4.78, 5) is 5.09.